The Morgan fingerprint density at radius 3 is 2.81 bits per heavy atom. The van der Waals surface area contributed by atoms with Gasteiger partial charge < -0.3 is 11.1 Å². The molecule has 2 atom stereocenters. The van der Waals surface area contributed by atoms with E-state index in [4.69, 9.17) is 5.73 Å². The molecule has 0 saturated heterocycles. The van der Waals surface area contributed by atoms with Crippen molar-refractivity contribution in [3.05, 3.63) is 33.9 Å². The first-order chi connectivity index (χ1) is 9.99. The maximum Gasteiger partial charge on any atom is 0.292 e. The standard InChI is InChI=1S/C15H21N3O3/c1-10-4-2-3-5-12(10)9-17-15(19)11-6-7-13(16)14(8-11)18(20)21/h6-8,10,12H,2-5,9,16H2,1H3,(H,17,19). The van der Waals surface area contributed by atoms with E-state index in [0.29, 0.717) is 18.4 Å². The molecular weight excluding hydrogens is 270 g/mol. The molecule has 2 unspecified atom stereocenters. The lowest BCUT2D eigenvalue weighted by molar-refractivity contribution is -0.383. The van der Waals surface area contributed by atoms with Gasteiger partial charge in [0, 0.05) is 18.2 Å². The molecule has 0 heterocycles. The van der Waals surface area contributed by atoms with Crippen LogP contribution in [0.2, 0.25) is 0 Å². The molecule has 0 bridgehead atoms. The number of nitrogen functional groups attached to an aromatic ring is 1. The van der Waals surface area contributed by atoms with Crippen LogP contribution in [0, 0.1) is 22.0 Å². The SMILES string of the molecule is CC1CCCCC1CNC(=O)c1ccc(N)c([N+](=O)[O-])c1. The number of nitrogens with one attached hydrogen (secondary N) is 1. The molecule has 1 aromatic carbocycles. The number of nitrogens with two attached hydrogens (primary N) is 1. The number of amides is 1. The average Bonchev–Trinajstić information content (AvgIpc) is 2.46. The number of carbonyl (C=O) groups excluding carboxylic acids is 1. The van der Waals surface area contributed by atoms with Crippen LogP contribution < -0.4 is 11.1 Å². The van der Waals surface area contributed by atoms with Crippen LogP contribution in [0.15, 0.2) is 18.2 Å². The van der Waals surface area contributed by atoms with Gasteiger partial charge in [-0.05, 0) is 30.4 Å². The fourth-order valence-corrected chi connectivity index (χ4v) is 2.87. The molecule has 1 saturated carbocycles. The number of hydrogen-bond acceptors (Lipinski definition) is 4. The lowest BCUT2D eigenvalue weighted by Crippen LogP contribution is -2.33. The van der Waals surface area contributed by atoms with Gasteiger partial charge in [0.1, 0.15) is 5.69 Å². The minimum atomic E-state index is -0.574. The average molecular weight is 291 g/mol. The van der Waals surface area contributed by atoms with Crippen molar-refractivity contribution in [3.8, 4) is 0 Å². The first kappa shape index (κ1) is 15.3. The molecule has 0 aromatic heterocycles. The quantitative estimate of drug-likeness (QED) is 0.506. The minimum absolute atomic E-state index is 0.0671. The predicted molar refractivity (Wildman–Crippen MR) is 81.0 cm³/mol. The molecule has 6 nitrogen and oxygen atoms in total. The van der Waals surface area contributed by atoms with E-state index in [1.807, 2.05) is 0 Å². The van der Waals surface area contributed by atoms with Crippen molar-refractivity contribution in [1.82, 2.24) is 5.32 Å². The van der Waals surface area contributed by atoms with Gasteiger partial charge in [-0.2, -0.15) is 0 Å². The van der Waals surface area contributed by atoms with E-state index in [1.54, 1.807) is 0 Å². The van der Waals surface area contributed by atoms with Gasteiger partial charge in [0.2, 0.25) is 0 Å². The van der Waals surface area contributed by atoms with Crippen LogP contribution >= 0.6 is 0 Å². The minimum Gasteiger partial charge on any atom is -0.393 e. The molecule has 0 radical (unpaired) electrons. The fourth-order valence-electron chi connectivity index (χ4n) is 2.87. The van der Waals surface area contributed by atoms with Crippen LogP contribution in [-0.4, -0.2) is 17.4 Å². The lowest BCUT2D eigenvalue weighted by Gasteiger charge is -2.28. The van der Waals surface area contributed by atoms with Gasteiger partial charge in [0.15, 0.2) is 0 Å². The van der Waals surface area contributed by atoms with Gasteiger partial charge in [-0.25, -0.2) is 0 Å². The summed E-state index contributed by atoms with van der Waals surface area (Å²) < 4.78 is 0. The third-order valence-corrected chi connectivity index (χ3v) is 4.30. The van der Waals surface area contributed by atoms with Gasteiger partial charge >= 0.3 is 0 Å². The Bertz CT molecular complexity index is 545. The summed E-state index contributed by atoms with van der Waals surface area (Å²) in [6.45, 7) is 2.84. The van der Waals surface area contributed by atoms with E-state index in [1.165, 1.54) is 37.5 Å². The molecule has 21 heavy (non-hydrogen) atoms. The van der Waals surface area contributed by atoms with Crippen molar-refractivity contribution < 1.29 is 9.72 Å². The Balaban J connectivity index is 2.00. The van der Waals surface area contributed by atoms with Crippen molar-refractivity contribution in [2.75, 3.05) is 12.3 Å². The topological polar surface area (TPSA) is 98.3 Å². The fraction of sp³-hybridized carbons (Fsp3) is 0.533. The number of hydrogen-bond donors (Lipinski definition) is 2. The van der Waals surface area contributed by atoms with Gasteiger partial charge in [-0.15, -0.1) is 0 Å². The largest absolute Gasteiger partial charge is 0.393 e. The summed E-state index contributed by atoms with van der Waals surface area (Å²) in [7, 11) is 0. The first-order valence-electron chi connectivity index (χ1n) is 7.31. The molecule has 0 spiro atoms. The molecule has 1 fully saturated rings. The summed E-state index contributed by atoms with van der Waals surface area (Å²) in [5.41, 5.74) is 5.64. The van der Waals surface area contributed by atoms with Crippen molar-refractivity contribution in [3.63, 3.8) is 0 Å². The van der Waals surface area contributed by atoms with Crippen LogP contribution in [0.5, 0.6) is 0 Å². The normalized spacial score (nSPS) is 21.8. The van der Waals surface area contributed by atoms with Crippen LogP contribution in [0.25, 0.3) is 0 Å². The second-order valence-corrected chi connectivity index (χ2v) is 5.76. The highest BCUT2D eigenvalue weighted by molar-refractivity contribution is 5.95. The van der Waals surface area contributed by atoms with Crippen LogP contribution in [0.1, 0.15) is 43.0 Å². The lowest BCUT2D eigenvalue weighted by atomic mass is 9.80. The maximum atomic E-state index is 12.1. The van der Waals surface area contributed by atoms with Crippen LogP contribution in [-0.2, 0) is 0 Å². The van der Waals surface area contributed by atoms with E-state index in [2.05, 4.69) is 12.2 Å². The number of nitrogens with zero attached hydrogens (tertiary/aromatic N) is 1. The molecular formula is C15H21N3O3. The molecule has 6 heteroatoms. The zero-order valence-electron chi connectivity index (χ0n) is 12.2. The molecule has 114 valence electrons. The molecule has 1 aliphatic rings. The van der Waals surface area contributed by atoms with Gasteiger partial charge in [0.05, 0.1) is 4.92 Å². The van der Waals surface area contributed by atoms with Crippen molar-refractivity contribution in [2.45, 2.75) is 32.6 Å². The summed E-state index contributed by atoms with van der Waals surface area (Å²) in [6.07, 6.45) is 4.80. The smallest absolute Gasteiger partial charge is 0.292 e. The number of anilines is 1. The Labute approximate surface area is 123 Å². The zero-order valence-corrected chi connectivity index (χ0v) is 12.2. The van der Waals surface area contributed by atoms with E-state index in [9.17, 15) is 14.9 Å². The molecule has 2 rings (SSSR count). The highest BCUT2D eigenvalue weighted by Gasteiger charge is 2.22. The Morgan fingerprint density at radius 1 is 1.43 bits per heavy atom. The monoisotopic (exact) mass is 291 g/mol. The molecule has 3 N–H and O–H groups in total. The predicted octanol–water partition coefficient (Wildman–Crippen LogP) is 2.73. The molecule has 1 amide bonds. The molecule has 0 aliphatic heterocycles. The summed E-state index contributed by atoms with van der Waals surface area (Å²) in [4.78, 5) is 22.4. The summed E-state index contributed by atoms with van der Waals surface area (Å²) in [5.74, 6) is 0.821. The summed E-state index contributed by atoms with van der Waals surface area (Å²) in [6, 6.07) is 4.15. The molecule has 1 aromatic rings. The summed E-state index contributed by atoms with van der Waals surface area (Å²) >= 11 is 0. The van der Waals surface area contributed by atoms with Crippen molar-refractivity contribution in [2.24, 2.45) is 11.8 Å². The Hall–Kier alpha value is -2.11. The zero-order chi connectivity index (χ0) is 15.4. The second kappa shape index (κ2) is 6.56. The van der Waals surface area contributed by atoms with Crippen molar-refractivity contribution >= 4 is 17.3 Å². The van der Waals surface area contributed by atoms with Gasteiger partial charge in [0.25, 0.3) is 11.6 Å². The second-order valence-electron chi connectivity index (χ2n) is 5.76. The number of carbonyl (C=O) groups is 1. The maximum absolute atomic E-state index is 12.1. The summed E-state index contributed by atoms with van der Waals surface area (Å²) in [5, 5.41) is 13.7. The first-order valence-corrected chi connectivity index (χ1v) is 7.31. The Morgan fingerprint density at radius 2 is 2.14 bits per heavy atom. The Kier molecular flexibility index (Phi) is 4.77. The van der Waals surface area contributed by atoms with Gasteiger partial charge in [-0.3, -0.25) is 14.9 Å². The molecule has 1 aliphatic carbocycles. The van der Waals surface area contributed by atoms with Crippen molar-refractivity contribution in [1.29, 1.82) is 0 Å². The van der Waals surface area contributed by atoms with Crippen LogP contribution in [0.4, 0.5) is 11.4 Å². The van der Waals surface area contributed by atoms with E-state index in [-0.39, 0.29) is 22.8 Å². The number of nitro groups is 1. The van der Waals surface area contributed by atoms with Gasteiger partial charge in [-0.1, -0.05) is 26.2 Å². The van der Waals surface area contributed by atoms with E-state index >= 15 is 0 Å². The third-order valence-electron chi connectivity index (χ3n) is 4.30. The van der Waals surface area contributed by atoms with E-state index < -0.39 is 4.92 Å². The van der Waals surface area contributed by atoms with Crippen LogP contribution in [0.3, 0.4) is 0 Å². The highest BCUT2D eigenvalue weighted by Crippen LogP contribution is 2.29. The third kappa shape index (κ3) is 3.71. The highest BCUT2D eigenvalue weighted by atomic mass is 16.6. The number of benzene rings is 1. The van der Waals surface area contributed by atoms with E-state index in [0.717, 1.165) is 6.42 Å². The number of rotatable bonds is 4. The number of nitro benzene ring substituents is 1.